The Hall–Kier alpha value is -0.640. The van der Waals surface area contributed by atoms with Crippen LogP contribution in [0, 0.1) is 5.92 Å². The van der Waals surface area contributed by atoms with Crippen LogP contribution < -0.4 is 0 Å². The van der Waals surface area contributed by atoms with Gasteiger partial charge in [0.2, 0.25) is 6.17 Å². The van der Waals surface area contributed by atoms with Gasteiger partial charge in [-0.15, -0.1) is 0 Å². The number of hydrogen-bond donors (Lipinski definition) is 2. The molecule has 1 aliphatic carbocycles. The summed E-state index contributed by atoms with van der Waals surface area (Å²) in [6, 6.07) is 0. The van der Waals surface area contributed by atoms with E-state index in [0.29, 0.717) is 12.8 Å². The molecule has 0 spiro atoms. The monoisotopic (exact) mass is 190 g/mol. The van der Waals surface area contributed by atoms with E-state index in [1.165, 1.54) is 0 Å². The quantitative estimate of drug-likeness (QED) is 0.706. The maximum Gasteiger partial charge on any atom is 0.341 e. The molecule has 1 aliphatic rings. The third kappa shape index (κ3) is 1.68. The minimum Gasteiger partial charge on any atom is -0.479 e. The summed E-state index contributed by atoms with van der Waals surface area (Å²) in [5, 5.41) is 18.3. The van der Waals surface area contributed by atoms with E-state index in [1.807, 2.05) is 6.92 Å². The molecular formula is C9H15FO3. The van der Waals surface area contributed by atoms with Crippen LogP contribution in [0.15, 0.2) is 0 Å². The lowest BCUT2D eigenvalue weighted by Crippen LogP contribution is -2.47. The van der Waals surface area contributed by atoms with Crippen LogP contribution in [0.1, 0.15) is 32.6 Å². The van der Waals surface area contributed by atoms with Crippen LogP contribution in [0.5, 0.6) is 0 Å². The lowest BCUT2D eigenvalue weighted by Gasteiger charge is -2.30. The molecule has 2 N–H and O–H groups in total. The predicted molar refractivity (Wildman–Crippen MR) is 45.1 cm³/mol. The van der Waals surface area contributed by atoms with Crippen molar-refractivity contribution in [3.63, 3.8) is 0 Å². The van der Waals surface area contributed by atoms with E-state index < -0.39 is 17.7 Å². The number of aliphatic carboxylic acids is 1. The smallest absolute Gasteiger partial charge is 0.341 e. The highest BCUT2D eigenvalue weighted by atomic mass is 19.1. The molecule has 0 aliphatic heterocycles. The van der Waals surface area contributed by atoms with Gasteiger partial charge in [0.1, 0.15) is 5.60 Å². The summed E-state index contributed by atoms with van der Waals surface area (Å²) in [6.45, 7) is 1.84. The fourth-order valence-corrected chi connectivity index (χ4v) is 2.19. The first-order valence-electron chi connectivity index (χ1n) is 4.61. The molecule has 0 saturated heterocycles. The number of carbonyl (C=O) groups is 1. The van der Waals surface area contributed by atoms with Gasteiger partial charge in [0, 0.05) is 0 Å². The van der Waals surface area contributed by atoms with Gasteiger partial charge in [0.15, 0.2) is 0 Å². The zero-order chi connectivity index (χ0) is 10.1. The van der Waals surface area contributed by atoms with Crippen molar-refractivity contribution >= 4 is 5.97 Å². The molecule has 76 valence electrons. The van der Waals surface area contributed by atoms with E-state index in [9.17, 15) is 14.3 Å². The third-order valence-corrected chi connectivity index (χ3v) is 2.99. The average Bonchev–Trinajstić information content (AvgIpc) is 2.46. The van der Waals surface area contributed by atoms with Gasteiger partial charge in [-0.2, -0.15) is 0 Å². The number of hydrogen-bond acceptors (Lipinski definition) is 2. The van der Waals surface area contributed by atoms with Crippen LogP contribution in [-0.2, 0) is 4.79 Å². The van der Waals surface area contributed by atoms with Crippen LogP contribution in [-0.4, -0.2) is 28.0 Å². The van der Waals surface area contributed by atoms with Crippen molar-refractivity contribution in [2.75, 3.05) is 0 Å². The van der Waals surface area contributed by atoms with E-state index in [4.69, 9.17) is 5.11 Å². The largest absolute Gasteiger partial charge is 0.479 e. The molecule has 0 heterocycles. The summed E-state index contributed by atoms with van der Waals surface area (Å²) in [5.41, 5.74) is -1.62. The number of halogens is 1. The molecule has 4 heteroatoms. The van der Waals surface area contributed by atoms with E-state index in [2.05, 4.69) is 0 Å². The van der Waals surface area contributed by atoms with Crippen molar-refractivity contribution in [2.45, 2.75) is 44.4 Å². The Kier molecular flexibility index (Phi) is 2.91. The first-order chi connectivity index (χ1) is 6.02. The number of carboxylic acid groups (broad SMARTS) is 1. The second kappa shape index (κ2) is 3.62. The average molecular weight is 190 g/mol. The Morgan fingerprint density at radius 3 is 2.85 bits per heavy atom. The minimum atomic E-state index is -2.14. The molecule has 3 nitrogen and oxygen atoms in total. The predicted octanol–water partition coefficient (Wildman–Crippen LogP) is 1.35. The first kappa shape index (κ1) is 10.4. The highest BCUT2D eigenvalue weighted by molar-refractivity contribution is 5.74. The van der Waals surface area contributed by atoms with Crippen LogP contribution in [0.2, 0.25) is 0 Å². The molecule has 1 saturated carbocycles. The molecule has 13 heavy (non-hydrogen) atoms. The Bertz CT molecular complexity index is 207. The standard InChI is InChI=1S/C9H15FO3/c1-2-6-4-3-5-9(6,13)7(10)8(11)12/h6-7,13H,2-5H2,1H3,(H,11,12). The molecule has 1 rings (SSSR count). The molecule has 0 aromatic carbocycles. The maximum absolute atomic E-state index is 13.2. The van der Waals surface area contributed by atoms with Crippen molar-refractivity contribution < 1.29 is 19.4 Å². The molecule has 0 aromatic rings. The van der Waals surface area contributed by atoms with Crippen molar-refractivity contribution in [1.29, 1.82) is 0 Å². The van der Waals surface area contributed by atoms with E-state index in [1.54, 1.807) is 0 Å². The fraction of sp³-hybridized carbons (Fsp3) is 0.889. The van der Waals surface area contributed by atoms with Crippen molar-refractivity contribution in [3.05, 3.63) is 0 Å². The number of aliphatic hydroxyl groups is 1. The zero-order valence-corrected chi connectivity index (χ0v) is 7.66. The van der Waals surface area contributed by atoms with Gasteiger partial charge in [-0.1, -0.05) is 19.8 Å². The van der Waals surface area contributed by atoms with Crippen LogP contribution in [0.25, 0.3) is 0 Å². The summed E-state index contributed by atoms with van der Waals surface area (Å²) in [5.74, 6) is -1.76. The molecule has 0 radical (unpaired) electrons. The van der Waals surface area contributed by atoms with Crippen LogP contribution in [0.3, 0.4) is 0 Å². The van der Waals surface area contributed by atoms with Crippen molar-refractivity contribution in [1.82, 2.24) is 0 Å². The molecule has 3 atom stereocenters. The first-order valence-corrected chi connectivity index (χ1v) is 4.61. The van der Waals surface area contributed by atoms with Crippen molar-refractivity contribution in [2.24, 2.45) is 5.92 Å². The summed E-state index contributed by atoms with van der Waals surface area (Å²) < 4.78 is 13.2. The van der Waals surface area contributed by atoms with Gasteiger partial charge in [-0.05, 0) is 18.8 Å². The van der Waals surface area contributed by atoms with Gasteiger partial charge in [-0.3, -0.25) is 0 Å². The van der Waals surface area contributed by atoms with Gasteiger partial charge in [-0.25, -0.2) is 9.18 Å². The molecule has 3 unspecified atom stereocenters. The molecule has 0 amide bonds. The lowest BCUT2D eigenvalue weighted by molar-refractivity contribution is -0.157. The van der Waals surface area contributed by atoms with Gasteiger partial charge >= 0.3 is 5.97 Å². The third-order valence-electron chi connectivity index (χ3n) is 2.99. The summed E-state index contributed by atoms with van der Waals surface area (Å²) >= 11 is 0. The van der Waals surface area contributed by atoms with E-state index >= 15 is 0 Å². The Labute approximate surface area is 76.6 Å². The summed E-state index contributed by atoms with van der Waals surface area (Å²) in [4.78, 5) is 10.4. The van der Waals surface area contributed by atoms with Crippen LogP contribution in [0.4, 0.5) is 4.39 Å². The molecule has 0 aromatic heterocycles. The zero-order valence-electron chi connectivity index (χ0n) is 7.66. The lowest BCUT2D eigenvalue weighted by atomic mass is 9.84. The minimum absolute atomic E-state index is 0.210. The number of carboxylic acids is 1. The van der Waals surface area contributed by atoms with E-state index in [0.717, 1.165) is 6.42 Å². The van der Waals surface area contributed by atoms with Gasteiger partial charge in [0.05, 0.1) is 0 Å². The number of rotatable bonds is 3. The molecular weight excluding hydrogens is 175 g/mol. The van der Waals surface area contributed by atoms with Crippen LogP contribution >= 0.6 is 0 Å². The van der Waals surface area contributed by atoms with Gasteiger partial charge < -0.3 is 10.2 Å². The molecule has 0 bridgehead atoms. The van der Waals surface area contributed by atoms with Gasteiger partial charge in [0.25, 0.3) is 0 Å². The SMILES string of the molecule is CCC1CCCC1(O)C(F)C(=O)O. The molecule has 1 fully saturated rings. The number of alkyl halides is 1. The summed E-state index contributed by atoms with van der Waals surface area (Å²) in [6.07, 6.45) is 0.187. The normalized spacial score (nSPS) is 36.1. The highest BCUT2D eigenvalue weighted by Crippen LogP contribution is 2.41. The van der Waals surface area contributed by atoms with Crippen molar-refractivity contribution in [3.8, 4) is 0 Å². The second-order valence-electron chi connectivity index (χ2n) is 3.69. The Balaban J connectivity index is 2.78. The topological polar surface area (TPSA) is 57.5 Å². The maximum atomic E-state index is 13.2. The second-order valence-corrected chi connectivity index (χ2v) is 3.69. The van der Waals surface area contributed by atoms with E-state index in [-0.39, 0.29) is 12.3 Å². The fourth-order valence-electron chi connectivity index (χ4n) is 2.19. The Morgan fingerprint density at radius 2 is 2.38 bits per heavy atom. The Morgan fingerprint density at radius 1 is 1.77 bits per heavy atom. The summed E-state index contributed by atoms with van der Waals surface area (Å²) in [7, 11) is 0. The highest BCUT2D eigenvalue weighted by Gasteiger charge is 2.50.